The average molecular weight is 537 g/mol. The standard InChI is InChI=1S/C27H21ClN2O6S/c1-16-3-2-4-19(9-16)29-25(31)14-34-20-7-5-17(6-8-20)10-24-26(32)30(27(33)37-24)13-18-11-22-23(12-21(18)28)36-15-35-22/h2-12H,13-15H2,1H3,(H,29,31)/b24-10-. The highest BCUT2D eigenvalue weighted by Gasteiger charge is 2.35. The molecule has 3 aromatic carbocycles. The van der Waals surface area contributed by atoms with Crippen LogP contribution in [0.25, 0.3) is 6.08 Å². The molecule has 2 aliphatic heterocycles. The number of fused-ring (bicyclic) bond motifs is 1. The normalized spacial score (nSPS) is 15.4. The summed E-state index contributed by atoms with van der Waals surface area (Å²) in [6.07, 6.45) is 1.64. The predicted octanol–water partition coefficient (Wildman–Crippen LogP) is 5.63. The van der Waals surface area contributed by atoms with Crippen LogP contribution in [0.1, 0.15) is 16.7 Å². The molecule has 5 rings (SSSR count). The van der Waals surface area contributed by atoms with E-state index in [1.165, 1.54) is 0 Å². The first kappa shape index (κ1) is 24.7. The van der Waals surface area contributed by atoms with Crippen LogP contribution < -0.4 is 19.5 Å². The Kier molecular flexibility index (Phi) is 7.07. The van der Waals surface area contributed by atoms with Gasteiger partial charge in [-0.05, 0) is 71.8 Å². The van der Waals surface area contributed by atoms with Gasteiger partial charge in [-0.2, -0.15) is 0 Å². The smallest absolute Gasteiger partial charge is 0.293 e. The molecule has 10 heteroatoms. The molecule has 3 aromatic rings. The summed E-state index contributed by atoms with van der Waals surface area (Å²) in [5, 5.41) is 2.79. The number of imide groups is 1. The largest absolute Gasteiger partial charge is 0.484 e. The minimum atomic E-state index is -0.406. The predicted molar refractivity (Wildman–Crippen MR) is 141 cm³/mol. The van der Waals surface area contributed by atoms with Gasteiger partial charge in [-0.15, -0.1) is 0 Å². The van der Waals surface area contributed by atoms with Gasteiger partial charge < -0.3 is 19.5 Å². The Labute approximate surface area is 222 Å². The van der Waals surface area contributed by atoms with Crippen LogP contribution in [0.15, 0.2) is 65.6 Å². The summed E-state index contributed by atoms with van der Waals surface area (Å²) in [4.78, 5) is 39.1. The maximum atomic E-state index is 12.9. The SMILES string of the molecule is Cc1cccc(NC(=O)COc2ccc(/C=C3\SC(=O)N(Cc4cc5c(cc4Cl)OCO5)C3=O)cc2)c1. The fourth-order valence-corrected chi connectivity index (χ4v) is 4.82. The van der Waals surface area contributed by atoms with E-state index in [4.69, 9.17) is 25.8 Å². The lowest BCUT2D eigenvalue weighted by atomic mass is 10.1. The van der Waals surface area contributed by atoms with E-state index in [0.29, 0.717) is 44.0 Å². The van der Waals surface area contributed by atoms with Gasteiger partial charge in [-0.3, -0.25) is 19.3 Å². The van der Waals surface area contributed by atoms with Gasteiger partial charge in [0, 0.05) is 16.8 Å². The van der Waals surface area contributed by atoms with E-state index in [0.717, 1.165) is 22.2 Å². The van der Waals surface area contributed by atoms with Crippen LogP contribution in [0.2, 0.25) is 5.02 Å². The highest BCUT2D eigenvalue weighted by molar-refractivity contribution is 8.18. The summed E-state index contributed by atoms with van der Waals surface area (Å²) in [7, 11) is 0. The van der Waals surface area contributed by atoms with Crippen LogP contribution >= 0.6 is 23.4 Å². The van der Waals surface area contributed by atoms with E-state index < -0.39 is 5.91 Å². The maximum Gasteiger partial charge on any atom is 0.293 e. The van der Waals surface area contributed by atoms with Crippen molar-refractivity contribution in [3.63, 3.8) is 0 Å². The van der Waals surface area contributed by atoms with Gasteiger partial charge in [-0.25, -0.2) is 0 Å². The summed E-state index contributed by atoms with van der Waals surface area (Å²) < 4.78 is 16.2. The van der Waals surface area contributed by atoms with E-state index in [2.05, 4.69) is 5.32 Å². The lowest BCUT2D eigenvalue weighted by Gasteiger charge is -2.14. The van der Waals surface area contributed by atoms with E-state index in [1.54, 1.807) is 42.5 Å². The monoisotopic (exact) mass is 536 g/mol. The number of aryl methyl sites for hydroxylation is 1. The Morgan fingerprint density at radius 1 is 1.11 bits per heavy atom. The van der Waals surface area contributed by atoms with Crippen molar-refractivity contribution in [2.45, 2.75) is 13.5 Å². The molecule has 8 nitrogen and oxygen atoms in total. The molecule has 0 radical (unpaired) electrons. The van der Waals surface area contributed by atoms with Crippen molar-refractivity contribution in [3.05, 3.63) is 87.3 Å². The van der Waals surface area contributed by atoms with Gasteiger partial charge in [-0.1, -0.05) is 35.9 Å². The van der Waals surface area contributed by atoms with Crippen LogP contribution in [0.3, 0.4) is 0 Å². The third kappa shape index (κ3) is 5.73. The molecule has 0 aromatic heterocycles. The van der Waals surface area contributed by atoms with Crippen molar-refractivity contribution in [1.82, 2.24) is 4.90 Å². The Morgan fingerprint density at radius 3 is 2.62 bits per heavy atom. The van der Waals surface area contributed by atoms with Crippen molar-refractivity contribution in [2.24, 2.45) is 0 Å². The third-order valence-electron chi connectivity index (χ3n) is 5.59. The first-order valence-corrected chi connectivity index (χ1v) is 12.5. The van der Waals surface area contributed by atoms with E-state index in [1.807, 2.05) is 31.2 Å². The molecule has 1 N–H and O–H groups in total. The van der Waals surface area contributed by atoms with Crippen LogP contribution in [0.5, 0.6) is 17.2 Å². The number of hydrogen-bond donors (Lipinski definition) is 1. The molecule has 0 saturated carbocycles. The van der Waals surface area contributed by atoms with Crippen LogP contribution in [-0.4, -0.2) is 35.4 Å². The number of rotatable bonds is 7. The molecule has 0 aliphatic carbocycles. The average Bonchev–Trinajstić information content (AvgIpc) is 3.42. The summed E-state index contributed by atoms with van der Waals surface area (Å²) in [6, 6.07) is 17.7. The molecule has 2 heterocycles. The van der Waals surface area contributed by atoms with E-state index in [-0.39, 0.29) is 31.1 Å². The Bertz CT molecular complexity index is 1420. The number of carbonyl (C=O) groups excluding carboxylic acids is 3. The van der Waals surface area contributed by atoms with Crippen LogP contribution in [0.4, 0.5) is 10.5 Å². The minimum Gasteiger partial charge on any atom is -0.484 e. The zero-order chi connectivity index (χ0) is 25.9. The highest BCUT2D eigenvalue weighted by Crippen LogP contribution is 2.39. The molecule has 37 heavy (non-hydrogen) atoms. The fraction of sp³-hybridized carbons (Fsp3) is 0.148. The minimum absolute atomic E-state index is 0.0227. The molecular weight excluding hydrogens is 516 g/mol. The van der Waals surface area contributed by atoms with Crippen molar-refractivity contribution in [3.8, 4) is 17.2 Å². The Balaban J connectivity index is 1.19. The summed E-state index contributed by atoms with van der Waals surface area (Å²) in [6.45, 7) is 1.93. The highest BCUT2D eigenvalue weighted by atomic mass is 35.5. The zero-order valence-electron chi connectivity index (χ0n) is 19.7. The molecule has 1 saturated heterocycles. The van der Waals surface area contributed by atoms with Crippen LogP contribution in [-0.2, 0) is 16.1 Å². The maximum absolute atomic E-state index is 12.9. The van der Waals surface area contributed by atoms with Gasteiger partial charge in [0.15, 0.2) is 18.1 Å². The van der Waals surface area contributed by atoms with E-state index >= 15 is 0 Å². The Morgan fingerprint density at radius 2 is 1.86 bits per heavy atom. The van der Waals surface area contributed by atoms with Gasteiger partial charge in [0.1, 0.15) is 5.75 Å². The van der Waals surface area contributed by atoms with Crippen molar-refractivity contribution < 1.29 is 28.6 Å². The second-order valence-electron chi connectivity index (χ2n) is 8.34. The topological polar surface area (TPSA) is 94.2 Å². The summed E-state index contributed by atoms with van der Waals surface area (Å²) in [5.74, 6) is 0.879. The quantitative estimate of drug-likeness (QED) is 0.391. The molecule has 0 bridgehead atoms. The summed E-state index contributed by atoms with van der Waals surface area (Å²) >= 11 is 7.17. The number of anilines is 1. The number of benzene rings is 3. The number of amides is 3. The number of thioether (sulfide) groups is 1. The number of nitrogens with one attached hydrogen (secondary N) is 1. The number of carbonyl (C=O) groups is 3. The van der Waals surface area contributed by atoms with Gasteiger partial charge in [0.2, 0.25) is 6.79 Å². The second kappa shape index (κ2) is 10.6. The molecular formula is C27H21ClN2O6S. The Hall–Kier alpha value is -3.95. The van der Waals surface area contributed by atoms with Crippen molar-refractivity contribution >= 4 is 52.2 Å². The van der Waals surface area contributed by atoms with E-state index in [9.17, 15) is 14.4 Å². The lowest BCUT2D eigenvalue weighted by Crippen LogP contribution is -2.27. The van der Waals surface area contributed by atoms with Gasteiger partial charge in [0.25, 0.3) is 17.1 Å². The molecule has 1 fully saturated rings. The third-order valence-corrected chi connectivity index (χ3v) is 6.85. The van der Waals surface area contributed by atoms with Crippen LogP contribution in [0, 0.1) is 6.92 Å². The first-order valence-electron chi connectivity index (χ1n) is 11.3. The first-order chi connectivity index (χ1) is 17.9. The number of nitrogens with zero attached hydrogens (tertiary/aromatic N) is 1. The van der Waals surface area contributed by atoms with Crippen molar-refractivity contribution in [2.75, 3.05) is 18.7 Å². The molecule has 3 amide bonds. The molecule has 0 unspecified atom stereocenters. The molecule has 2 aliphatic rings. The molecule has 0 spiro atoms. The second-order valence-corrected chi connectivity index (χ2v) is 9.74. The summed E-state index contributed by atoms with van der Waals surface area (Å²) in [5.41, 5.74) is 3.05. The number of halogens is 1. The zero-order valence-corrected chi connectivity index (χ0v) is 21.2. The number of hydrogen-bond acceptors (Lipinski definition) is 7. The number of ether oxygens (including phenoxy) is 3. The lowest BCUT2D eigenvalue weighted by molar-refractivity contribution is -0.123. The fourth-order valence-electron chi connectivity index (χ4n) is 3.77. The van der Waals surface area contributed by atoms with Crippen molar-refractivity contribution in [1.29, 1.82) is 0 Å². The molecule has 188 valence electrons. The molecule has 0 atom stereocenters. The van der Waals surface area contributed by atoms with Gasteiger partial charge in [0.05, 0.1) is 11.4 Å². The van der Waals surface area contributed by atoms with Gasteiger partial charge >= 0.3 is 0 Å².